The van der Waals surface area contributed by atoms with Gasteiger partial charge in [0, 0.05) is 0 Å². The first kappa shape index (κ1) is 15.1. The zero-order valence-electron chi connectivity index (χ0n) is 11.2. The molecule has 1 fully saturated rings. The summed E-state index contributed by atoms with van der Waals surface area (Å²) in [5, 5.41) is 9.66. The second-order valence-electron chi connectivity index (χ2n) is 4.56. The molecule has 2 heterocycles. The molecular formula is C15H10ClNO3S2. The Bertz CT molecular complexity index is 771. The van der Waals surface area contributed by atoms with Crippen molar-refractivity contribution in [3.63, 3.8) is 0 Å². The van der Waals surface area contributed by atoms with Gasteiger partial charge in [0.1, 0.15) is 15.8 Å². The highest BCUT2D eigenvalue weighted by atomic mass is 35.5. The van der Waals surface area contributed by atoms with Crippen LogP contribution < -0.4 is 0 Å². The van der Waals surface area contributed by atoms with Gasteiger partial charge in [0.05, 0.1) is 22.7 Å². The lowest BCUT2D eigenvalue weighted by Crippen LogP contribution is -2.27. The lowest BCUT2D eigenvalue weighted by atomic mass is 10.2. The Hall–Kier alpha value is -1.76. The summed E-state index contributed by atoms with van der Waals surface area (Å²) in [6.07, 6.45) is 3.26. The molecule has 0 spiro atoms. The van der Waals surface area contributed by atoms with Gasteiger partial charge in [0.15, 0.2) is 0 Å². The van der Waals surface area contributed by atoms with E-state index in [1.807, 2.05) is 0 Å². The van der Waals surface area contributed by atoms with Crippen LogP contribution in [0.3, 0.4) is 0 Å². The van der Waals surface area contributed by atoms with E-state index in [0.717, 1.165) is 5.56 Å². The van der Waals surface area contributed by atoms with Crippen LogP contribution in [-0.4, -0.2) is 20.2 Å². The SMILES string of the molecule is O=C1/C(=C/c2ccc(O)c(Cl)c2)SC(=S)N1Cc1ccco1. The number of thioether (sulfide) groups is 1. The Morgan fingerprint density at radius 1 is 1.41 bits per heavy atom. The minimum Gasteiger partial charge on any atom is -0.506 e. The number of phenolic OH excluding ortho intramolecular Hbond substituents is 1. The summed E-state index contributed by atoms with van der Waals surface area (Å²) >= 11 is 12.3. The number of phenols is 1. The Morgan fingerprint density at radius 2 is 2.23 bits per heavy atom. The van der Waals surface area contributed by atoms with Crippen molar-refractivity contribution in [3.05, 3.63) is 57.8 Å². The summed E-state index contributed by atoms with van der Waals surface area (Å²) in [5.41, 5.74) is 0.723. The van der Waals surface area contributed by atoms with Crippen molar-refractivity contribution in [3.8, 4) is 5.75 Å². The zero-order valence-corrected chi connectivity index (χ0v) is 13.5. The summed E-state index contributed by atoms with van der Waals surface area (Å²) in [6, 6.07) is 8.32. The fraction of sp³-hybridized carbons (Fsp3) is 0.0667. The maximum atomic E-state index is 12.4. The lowest BCUT2D eigenvalue weighted by Gasteiger charge is -2.11. The summed E-state index contributed by atoms with van der Waals surface area (Å²) in [6.45, 7) is 0.311. The highest BCUT2D eigenvalue weighted by Gasteiger charge is 2.32. The number of thiocarbonyl (C=S) groups is 1. The predicted molar refractivity (Wildman–Crippen MR) is 90.5 cm³/mol. The molecular weight excluding hydrogens is 342 g/mol. The van der Waals surface area contributed by atoms with Crippen molar-refractivity contribution in [1.82, 2.24) is 4.90 Å². The number of halogens is 1. The van der Waals surface area contributed by atoms with Gasteiger partial charge in [-0.1, -0.05) is 41.6 Å². The van der Waals surface area contributed by atoms with Crippen molar-refractivity contribution >= 4 is 51.9 Å². The fourth-order valence-electron chi connectivity index (χ4n) is 1.96. The van der Waals surface area contributed by atoms with E-state index in [-0.39, 0.29) is 16.7 Å². The number of nitrogens with zero attached hydrogens (tertiary/aromatic N) is 1. The molecule has 7 heteroatoms. The maximum Gasteiger partial charge on any atom is 0.266 e. The topological polar surface area (TPSA) is 53.7 Å². The molecule has 1 aliphatic heterocycles. The maximum absolute atomic E-state index is 12.4. The quantitative estimate of drug-likeness (QED) is 0.668. The molecule has 1 aliphatic rings. The van der Waals surface area contributed by atoms with Crippen LogP contribution in [0.5, 0.6) is 5.75 Å². The number of furan rings is 1. The van der Waals surface area contributed by atoms with Crippen LogP contribution >= 0.6 is 35.6 Å². The number of benzene rings is 1. The number of hydrogen-bond acceptors (Lipinski definition) is 5. The van der Waals surface area contributed by atoms with Crippen molar-refractivity contribution in [2.75, 3.05) is 0 Å². The third kappa shape index (κ3) is 3.04. The molecule has 1 aromatic carbocycles. The monoisotopic (exact) mass is 351 g/mol. The van der Waals surface area contributed by atoms with E-state index < -0.39 is 0 Å². The summed E-state index contributed by atoms with van der Waals surface area (Å²) in [7, 11) is 0. The average molecular weight is 352 g/mol. The van der Waals surface area contributed by atoms with Crippen LogP contribution in [0.25, 0.3) is 6.08 Å². The predicted octanol–water partition coefficient (Wildman–Crippen LogP) is 4.04. The summed E-state index contributed by atoms with van der Waals surface area (Å²) in [4.78, 5) is 14.4. The first-order valence-corrected chi connectivity index (χ1v) is 7.91. The Balaban J connectivity index is 1.83. The smallest absolute Gasteiger partial charge is 0.266 e. The van der Waals surface area contributed by atoms with Crippen LogP contribution in [0.4, 0.5) is 0 Å². The van der Waals surface area contributed by atoms with E-state index in [4.69, 9.17) is 28.2 Å². The van der Waals surface area contributed by atoms with Gasteiger partial charge in [-0.25, -0.2) is 0 Å². The second-order valence-corrected chi connectivity index (χ2v) is 6.64. The van der Waals surface area contributed by atoms with Gasteiger partial charge in [0.25, 0.3) is 5.91 Å². The molecule has 1 aromatic heterocycles. The van der Waals surface area contributed by atoms with E-state index in [1.165, 1.54) is 22.7 Å². The molecule has 4 nitrogen and oxygen atoms in total. The van der Waals surface area contributed by atoms with Gasteiger partial charge in [-0.15, -0.1) is 0 Å². The minimum atomic E-state index is -0.171. The number of rotatable bonds is 3. The fourth-order valence-corrected chi connectivity index (χ4v) is 3.40. The highest BCUT2D eigenvalue weighted by Crippen LogP contribution is 2.34. The molecule has 1 N–H and O–H groups in total. The number of aromatic hydroxyl groups is 1. The zero-order chi connectivity index (χ0) is 15.7. The van der Waals surface area contributed by atoms with Gasteiger partial charge in [-0.2, -0.15) is 0 Å². The van der Waals surface area contributed by atoms with Crippen molar-refractivity contribution in [2.45, 2.75) is 6.54 Å². The third-order valence-corrected chi connectivity index (χ3v) is 4.72. The molecule has 112 valence electrons. The summed E-state index contributed by atoms with van der Waals surface area (Å²) in [5.74, 6) is 0.505. The van der Waals surface area contributed by atoms with Crippen LogP contribution in [0, 0.1) is 0 Å². The standard InChI is InChI=1S/C15H10ClNO3S2/c16-11-6-9(3-4-12(11)18)7-13-14(19)17(15(21)22-13)8-10-2-1-5-20-10/h1-7,18H,8H2/b13-7-. The van der Waals surface area contributed by atoms with Crippen LogP contribution in [0.15, 0.2) is 45.9 Å². The molecule has 22 heavy (non-hydrogen) atoms. The molecule has 2 aromatic rings. The van der Waals surface area contributed by atoms with E-state index in [9.17, 15) is 9.90 Å². The number of amides is 1. The second kappa shape index (κ2) is 6.16. The van der Waals surface area contributed by atoms with Crippen molar-refractivity contribution in [1.29, 1.82) is 0 Å². The van der Waals surface area contributed by atoms with Gasteiger partial charge in [-0.3, -0.25) is 9.69 Å². The first-order valence-electron chi connectivity index (χ1n) is 6.31. The largest absolute Gasteiger partial charge is 0.506 e. The molecule has 0 atom stereocenters. The van der Waals surface area contributed by atoms with Gasteiger partial charge in [-0.05, 0) is 35.9 Å². The minimum absolute atomic E-state index is 0.00387. The Kier molecular flexibility index (Phi) is 4.24. The Labute approximate surface area is 141 Å². The van der Waals surface area contributed by atoms with Crippen LogP contribution in [0.2, 0.25) is 5.02 Å². The third-order valence-electron chi connectivity index (χ3n) is 3.04. The molecule has 0 unspecified atom stereocenters. The van der Waals surface area contributed by atoms with Gasteiger partial charge in [0.2, 0.25) is 0 Å². The number of carbonyl (C=O) groups is 1. The molecule has 0 saturated carbocycles. The number of carbonyl (C=O) groups excluding carboxylic acids is 1. The molecule has 0 bridgehead atoms. The van der Waals surface area contributed by atoms with Gasteiger partial charge >= 0.3 is 0 Å². The molecule has 1 saturated heterocycles. The van der Waals surface area contributed by atoms with E-state index in [1.54, 1.807) is 36.6 Å². The van der Waals surface area contributed by atoms with E-state index >= 15 is 0 Å². The average Bonchev–Trinajstić information content (AvgIpc) is 3.08. The van der Waals surface area contributed by atoms with E-state index in [0.29, 0.717) is 21.5 Å². The van der Waals surface area contributed by atoms with Gasteiger partial charge < -0.3 is 9.52 Å². The molecule has 0 aliphatic carbocycles. The van der Waals surface area contributed by atoms with Crippen LogP contribution in [-0.2, 0) is 11.3 Å². The lowest BCUT2D eigenvalue weighted by molar-refractivity contribution is -0.122. The number of hydrogen-bond donors (Lipinski definition) is 1. The summed E-state index contributed by atoms with van der Waals surface area (Å²) < 4.78 is 5.73. The van der Waals surface area contributed by atoms with Crippen molar-refractivity contribution < 1.29 is 14.3 Å². The van der Waals surface area contributed by atoms with Crippen LogP contribution in [0.1, 0.15) is 11.3 Å². The molecule has 3 rings (SSSR count). The molecule has 1 amide bonds. The normalized spacial score (nSPS) is 16.8. The van der Waals surface area contributed by atoms with E-state index in [2.05, 4.69) is 0 Å². The first-order chi connectivity index (χ1) is 10.5. The molecule has 0 radical (unpaired) electrons. The van der Waals surface area contributed by atoms with Crippen molar-refractivity contribution in [2.24, 2.45) is 0 Å². The highest BCUT2D eigenvalue weighted by molar-refractivity contribution is 8.26. The Morgan fingerprint density at radius 3 is 2.91 bits per heavy atom.